The number of rotatable bonds is 5. The minimum atomic E-state index is 0.107. The minimum Gasteiger partial charge on any atom is -0.359 e. The Morgan fingerprint density at radius 2 is 2.17 bits per heavy atom. The lowest BCUT2D eigenvalue weighted by molar-refractivity contribution is -0.120. The number of benzene rings is 1. The van der Waals surface area contributed by atoms with E-state index < -0.39 is 0 Å². The van der Waals surface area contributed by atoms with E-state index in [-0.39, 0.29) is 5.91 Å². The maximum absolute atomic E-state index is 11.7. The molecule has 0 aliphatic heterocycles. The Kier molecular flexibility index (Phi) is 4.03. The van der Waals surface area contributed by atoms with E-state index in [4.69, 9.17) is 0 Å². The largest absolute Gasteiger partial charge is 0.359 e. The molecule has 1 amide bonds. The van der Waals surface area contributed by atoms with Gasteiger partial charge in [-0.1, -0.05) is 19.4 Å². The number of carbonyl (C=O) groups is 1. The van der Waals surface area contributed by atoms with Crippen molar-refractivity contribution in [2.75, 3.05) is 6.54 Å². The maximum atomic E-state index is 11.7. The van der Waals surface area contributed by atoms with Crippen LogP contribution in [-0.2, 0) is 11.2 Å². The quantitative estimate of drug-likeness (QED) is 0.780. The first kappa shape index (κ1) is 12.7. The first-order valence-corrected chi connectivity index (χ1v) is 6.54. The Balaban J connectivity index is 2.00. The van der Waals surface area contributed by atoms with Gasteiger partial charge in [-0.15, -0.1) is 0 Å². The van der Waals surface area contributed by atoms with Gasteiger partial charge < -0.3 is 10.3 Å². The molecule has 0 aliphatic carbocycles. The van der Waals surface area contributed by atoms with Crippen LogP contribution in [0.3, 0.4) is 0 Å². The van der Waals surface area contributed by atoms with Gasteiger partial charge in [0.05, 0.1) is 6.42 Å². The van der Waals surface area contributed by atoms with E-state index in [1.54, 1.807) is 0 Å². The number of aromatic nitrogens is 1. The van der Waals surface area contributed by atoms with Crippen LogP contribution in [0.4, 0.5) is 0 Å². The van der Waals surface area contributed by atoms with E-state index in [1.807, 2.05) is 19.1 Å². The number of carbonyl (C=O) groups excluding carboxylic acids is 1. The number of hydrogen-bond acceptors (Lipinski definition) is 1. The van der Waals surface area contributed by atoms with Gasteiger partial charge in [0, 0.05) is 17.8 Å². The smallest absolute Gasteiger partial charge is 0.224 e. The van der Waals surface area contributed by atoms with E-state index >= 15 is 0 Å². The average Bonchev–Trinajstić information content (AvgIpc) is 2.69. The number of hydrogen-bond donors (Lipinski definition) is 2. The van der Waals surface area contributed by atoms with Gasteiger partial charge in [0.1, 0.15) is 0 Å². The normalized spacial score (nSPS) is 10.8. The number of unbranched alkanes of at least 4 members (excludes halogenated alkanes) is 1. The second kappa shape index (κ2) is 5.71. The molecule has 1 aromatic carbocycles. The van der Waals surface area contributed by atoms with Crippen LogP contribution in [0.5, 0.6) is 0 Å². The lowest BCUT2D eigenvalue weighted by Crippen LogP contribution is -2.25. The molecular weight excluding hydrogens is 224 g/mol. The fraction of sp³-hybridized carbons (Fsp3) is 0.400. The Morgan fingerprint density at radius 3 is 2.94 bits per heavy atom. The summed E-state index contributed by atoms with van der Waals surface area (Å²) in [6.07, 6.45) is 2.61. The Labute approximate surface area is 108 Å². The molecule has 0 atom stereocenters. The van der Waals surface area contributed by atoms with E-state index in [0.29, 0.717) is 6.42 Å². The number of H-pyrrole nitrogens is 1. The third kappa shape index (κ3) is 3.13. The monoisotopic (exact) mass is 244 g/mol. The Bertz CT molecular complexity index is 542. The third-order valence-electron chi connectivity index (χ3n) is 3.04. The molecule has 3 heteroatoms. The fourth-order valence-corrected chi connectivity index (χ4v) is 2.09. The average molecular weight is 244 g/mol. The van der Waals surface area contributed by atoms with Crippen molar-refractivity contribution < 1.29 is 4.79 Å². The van der Waals surface area contributed by atoms with Crippen LogP contribution in [0.25, 0.3) is 10.9 Å². The summed E-state index contributed by atoms with van der Waals surface area (Å²) in [5.74, 6) is 0.107. The first-order valence-electron chi connectivity index (χ1n) is 6.54. The highest BCUT2D eigenvalue weighted by atomic mass is 16.1. The molecular formula is C15H20N2O. The maximum Gasteiger partial charge on any atom is 0.224 e. The second-order valence-electron chi connectivity index (χ2n) is 4.75. The summed E-state index contributed by atoms with van der Waals surface area (Å²) >= 11 is 0. The molecule has 96 valence electrons. The number of aromatic amines is 1. The molecule has 1 aromatic heterocycles. The summed E-state index contributed by atoms with van der Waals surface area (Å²) in [6.45, 7) is 4.94. The molecule has 3 nitrogen and oxygen atoms in total. The predicted molar refractivity (Wildman–Crippen MR) is 74.7 cm³/mol. The van der Waals surface area contributed by atoms with Crippen LogP contribution in [0.1, 0.15) is 31.0 Å². The van der Waals surface area contributed by atoms with E-state index in [0.717, 1.165) is 36.2 Å². The lowest BCUT2D eigenvalue weighted by atomic mass is 10.1. The van der Waals surface area contributed by atoms with Crippen LogP contribution >= 0.6 is 0 Å². The molecule has 0 saturated heterocycles. The summed E-state index contributed by atoms with van der Waals surface area (Å²) in [5.41, 5.74) is 3.34. The second-order valence-corrected chi connectivity index (χ2v) is 4.75. The van der Waals surface area contributed by atoms with Gasteiger partial charge in [0.25, 0.3) is 0 Å². The summed E-state index contributed by atoms with van der Waals surface area (Å²) in [7, 11) is 0. The van der Waals surface area contributed by atoms with Gasteiger partial charge in [-0.05, 0) is 42.5 Å². The van der Waals surface area contributed by atoms with Crippen molar-refractivity contribution in [3.8, 4) is 0 Å². The van der Waals surface area contributed by atoms with Crippen molar-refractivity contribution >= 4 is 16.8 Å². The Hall–Kier alpha value is -1.77. The van der Waals surface area contributed by atoms with Crippen LogP contribution in [0.15, 0.2) is 24.3 Å². The third-order valence-corrected chi connectivity index (χ3v) is 3.04. The fourth-order valence-electron chi connectivity index (χ4n) is 2.09. The first-order chi connectivity index (χ1) is 8.69. The SMILES string of the molecule is CCCCNC(=O)Cc1ccc2[nH]c(C)cc2c1. The molecule has 2 rings (SSSR count). The van der Waals surface area contributed by atoms with Gasteiger partial charge in [-0.3, -0.25) is 4.79 Å². The zero-order chi connectivity index (χ0) is 13.0. The highest BCUT2D eigenvalue weighted by Crippen LogP contribution is 2.17. The number of aryl methyl sites for hydroxylation is 1. The van der Waals surface area contributed by atoms with Crippen molar-refractivity contribution in [1.29, 1.82) is 0 Å². The van der Waals surface area contributed by atoms with Gasteiger partial charge in [-0.2, -0.15) is 0 Å². The predicted octanol–water partition coefficient (Wildman–Crippen LogP) is 2.94. The molecule has 0 radical (unpaired) electrons. The van der Waals surface area contributed by atoms with Crippen molar-refractivity contribution in [3.63, 3.8) is 0 Å². The summed E-state index contributed by atoms with van der Waals surface area (Å²) in [4.78, 5) is 15.0. The molecule has 0 fully saturated rings. The standard InChI is InChI=1S/C15H20N2O/c1-3-4-7-16-15(18)10-12-5-6-14-13(9-12)8-11(2)17-14/h5-6,8-9,17H,3-4,7,10H2,1-2H3,(H,16,18). The molecule has 2 N–H and O–H groups in total. The van der Waals surface area contributed by atoms with Crippen molar-refractivity contribution in [1.82, 2.24) is 10.3 Å². The molecule has 18 heavy (non-hydrogen) atoms. The van der Waals surface area contributed by atoms with E-state index in [9.17, 15) is 4.79 Å². The summed E-state index contributed by atoms with van der Waals surface area (Å²) < 4.78 is 0. The van der Waals surface area contributed by atoms with Gasteiger partial charge in [0.15, 0.2) is 0 Å². The van der Waals surface area contributed by atoms with Gasteiger partial charge in [-0.25, -0.2) is 0 Å². The molecule has 0 saturated carbocycles. The highest BCUT2D eigenvalue weighted by Gasteiger charge is 2.04. The molecule has 0 unspecified atom stereocenters. The zero-order valence-electron chi connectivity index (χ0n) is 11.0. The molecule has 1 heterocycles. The highest BCUT2D eigenvalue weighted by molar-refractivity contribution is 5.84. The van der Waals surface area contributed by atoms with E-state index in [2.05, 4.69) is 29.4 Å². The van der Waals surface area contributed by atoms with Crippen LogP contribution in [0, 0.1) is 6.92 Å². The molecule has 0 bridgehead atoms. The van der Waals surface area contributed by atoms with Crippen molar-refractivity contribution in [2.45, 2.75) is 33.1 Å². The minimum absolute atomic E-state index is 0.107. The van der Waals surface area contributed by atoms with Gasteiger partial charge >= 0.3 is 0 Å². The summed E-state index contributed by atoms with van der Waals surface area (Å²) in [6, 6.07) is 8.24. The zero-order valence-corrected chi connectivity index (χ0v) is 11.0. The van der Waals surface area contributed by atoms with Crippen LogP contribution in [0.2, 0.25) is 0 Å². The number of fused-ring (bicyclic) bond motifs is 1. The van der Waals surface area contributed by atoms with Crippen LogP contribution in [-0.4, -0.2) is 17.4 Å². The number of amides is 1. The molecule has 0 spiro atoms. The topological polar surface area (TPSA) is 44.9 Å². The number of nitrogens with one attached hydrogen (secondary N) is 2. The van der Waals surface area contributed by atoms with Gasteiger partial charge in [0.2, 0.25) is 5.91 Å². The van der Waals surface area contributed by atoms with E-state index in [1.165, 1.54) is 5.39 Å². The summed E-state index contributed by atoms with van der Waals surface area (Å²) in [5, 5.41) is 4.11. The molecule has 2 aromatic rings. The Morgan fingerprint density at radius 1 is 1.33 bits per heavy atom. The lowest BCUT2D eigenvalue weighted by Gasteiger charge is -2.04. The van der Waals surface area contributed by atoms with Crippen molar-refractivity contribution in [3.05, 3.63) is 35.5 Å². The van der Waals surface area contributed by atoms with Crippen molar-refractivity contribution in [2.24, 2.45) is 0 Å². The molecule has 0 aliphatic rings. The van der Waals surface area contributed by atoms with Crippen LogP contribution < -0.4 is 5.32 Å².